The molecule has 13 nitrogen and oxygen atoms in total. The van der Waals surface area contributed by atoms with E-state index in [4.69, 9.17) is 16.6 Å². The molecule has 60 heavy (non-hydrogen) atoms. The monoisotopic (exact) mass is 826 g/mol. The number of aliphatic carboxylic acids is 1. The fourth-order valence-electron chi connectivity index (χ4n) is 11.7. The van der Waals surface area contributed by atoms with Crippen molar-refractivity contribution in [1.82, 2.24) is 10.6 Å². The number of hydrogen-bond donors (Lipinski definition) is 7. The molecule has 0 radical (unpaired) electrons. The lowest BCUT2D eigenvalue weighted by Crippen LogP contribution is -2.60. The van der Waals surface area contributed by atoms with Gasteiger partial charge < -0.3 is 32.5 Å². The molecule has 5 amide bonds. The van der Waals surface area contributed by atoms with Gasteiger partial charge in [0.1, 0.15) is 0 Å². The number of anilines is 2. The molecule has 0 heterocycles. The molecule has 0 spiro atoms. The minimum absolute atomic E-state index is 0.00916. The van der Waals surface area contributed by atoms with Gasteiger partial charge in [0.2, 0.25) is 29.5 Å². The Balaban J connectivity index is 1.16. The molecule has 6 rings (SSSR count). The second-order valence-corrected chi connectivity index (χ2v) is 19.5. The largest absolute Gasteiger partial charge is 0.481 e. The highest BCUT2D eigenvalue weighted by molar-refractivity contribution is 6.01. The number of carboxylic acids is 1. The van der Waals surface area contributed by atoms with E-state index in [-0.39, 0.29) is 78.0 Å². The first kappa shape index (κ1) is 44.9. The first-order valence-corrected chi connectivity index (χ1v) is 22.0. The zero-order chi connectivity index (χ0) is 43.8. The van der Waals surface area contributed by atoms with E-state index in [2.05, 4.69) is 41.2 Å². The van der Waals surface area contributed by atoms with Gasteiger partial charge in [0.05, 0.1) is 22.9 Å². The summed E-state index contributed by atoms with van der Waals surface area (Å²) in [6.07, 6.45) is 8.01. The van der Waals surface area contributed by atoms with Crippen LogP contribution >= 0.6 is 0 Å². The average Bonchev–Trinajstić information content (AvgIpc) is 3.18. The van der Waals surface area contributed by atoms with E-state index in [9.17, 15) is 28.8 Å². The van der Waals surface area contributed by atoms with Crippen molar-refractivity contribution in [2.24, 2.45) is 34.1 Å². The predicted octanol–water partition coefficient (Wildman–Crippen LogP) is 5.75. The number of fused-ring (bicyclic) bond motifs is 6. The summed E-state index contributed by atoms with van der Waals surface area (Å²) in [4.78, 5) is 78.5. The summed E-state index contributed by atoms with van der Waals surface area (Å²) in [5.41, 5.74) is 15.6. The van der Waals surface area contributed by atoms with Crippen LogP contribution in [0.3, 0.4) is 0 Å². The highest BCUT2D eigenvalue weighted by Crippen LogP contribution is 2.59. The van der Waals surface area contributed by atoms with Gasteiger partial charge in [0, 0.05) is 30.3 Å². The Morgan fingerprint density at radius 2 is 1.12 bits per heavy atom. The Kier molecular flexibility index (Phi) is 13.0. The third-order valence-electron chi connectivity index (χ3n) is 15.0. The number of nitrogens with one attached hydrogen (secondary N) is 4. The number of nitrogens with two attached hydrogens (primary N) is 2. The number of hydrogen-bond acceptors (Lipinski definition) is 8. The van der Waals surface area contributed by atoms with Crippen LogP contribution in [0.4, 0.5) is 11.4 Å². The summed E-state index contributed by atoms with van der Waals surface area (Å²) in [5, 5.41) is 20.7. The fraction of sp³-hybridized carbons (Fsp3) is 0.617. The highest BCUT2D eigenvalue weighted by Gasteiger charge is 2.58. The zero-order valence-corrected chi connectivity index (χ0v) is 36.3. The van der Waals surface area contributed by atoms with Crippen LogP contribution in [0.15, 0.2) is 36.4 Å². The summed E-state index contributed by atoms with van der Waals surface area (Å²) in [7, 11) is 0. The maximum absolute atomic E-state index is 14.7. The standard InChI is InChI=1S/C47H66N6O7/c1-27(2)50-38(54)19-15-34(48)40(57)51-30-13-9-28-11-17-36-44(3,32(28)25-30)21-7-23-46(36,5)42(59)53-43(60)47(6)24-8-22-45(4)33-26-31(14-10-29(33)12-18-37(45)47)52-41(58)35(49)16-20-39(55)56/h9-10,13-14,25-27,34-37H,7-8,11-12,15-24,48-49H2,1-6H3,(H,50,54)(H,51,57)(H,52,58)(H,55,56)(H,53,59,60)/t34-,35-,36+,37+,44+,45+,46-,47-/m0/s1. The van der Waals surface area contributed by atoms with Gasteiger partial charge in [-0.3, -0.25) is 34.1 Å². The van der Waals surface area contributed by atoms with Crippen molar-refractivity contribution in [3.8, 4) is 0 Å². The number of amides is 5. The second kappa shape index (κ2) is 17.4. The molecular formula is C47H66N6O7. The van der Waals surface area contributed by atoms with E-state index < -0.39 is 34.8 Å². The number of carbonyl (C=O) groups is 6. The van der Waals surface area contributed by atoms with Crippen molar-refractivity contribution in [3.05, 3.63) is 58.7 Å². The molecule has 326 valence electrons. The molecule has 2 aromatic carbocycles. The Hall–Kier alpha value is -4.62. The molecule has 8 atom stereocenters. The lowest BCUT2D eigenvalue weighted by Gasteiger charge is -2.56. The van der Waals surface area contributed by atoms with Crippen molar-refractivity contribution >= 4 is 46.9 Å². The molecule has 2 aromatic rings. The van der Waals surface area contributed by atoms with E-state index in [1.165, 1.54) is 11.1 Å². The van der Waals surface area contributed by atoms with E-state index in [1.54, 1.807) is 0 Å². The van der Waals surface area contributed by atoms with Gasteiger partial charge in [0.15, 0.2) is 0 Å². The van der Waals surface area contributed by atoms with Gasteiger partial charge in [-0.05, 0) is 147 Å². The van der Waals surface area contributed by atoms with Crippen LogP contribution in [-0.2, 0) is 52.4 Å². The van der Waals surface area contributed by atoms with Gasteiger partial charge in [-0.25, -0.2) is 0 Å². The predicted molar refractivity (Wildman–Crippen MR) is 231 cm³/mol. The minimum Gasteiger partial charge on any atom is -0.481 e. The Morgan fingerprint density at radius 3 is 1.53 bits per heavy atom. The van der Waals surface area contributed by atoms with Gasteiger partial charge in [-0.2, -0.15) is 0 Å². The van der Waals surface area contributed by atoms with Gasteiger partial charge in [0.25, 0.3) is 0 Å². The number of aryl methyl sites for hydroxylation is 2. The maximum atomic E-state index is 14.7. The smallest absolute Gasteiger partial charge is 0.303 e. The third-order valence-corrected chi connectivity index (χ3v) is 15.0. The molecule has 0 bridgehead atoms. The molecule has 0 saturated heterocycles. The first-order chi connectivity index (χ1) is 28.2. The summed E-state index contributed by atoms with van der Waals surface area (Å²) >= 11 is 0. The van der Waals surface area contributed by atoms with Crippen LogP contribution in [0.25, 0.3) is 0 Å². The van der Waals surface area contributed by atoms with Crippen LogP contribution in [0.1, 0.15) is 141 Å². The second-order valence-electron chi connectivity index (χ2n) is 19.5. The van der Waals surface area contributed by atoms with E-state index in [0.29, 0.717) is 24.2 Å². The molecule has 0 unspecified atom stereocenters. The van der Waals surface area contributed by atoms with Crippen molar-refractivity contribution in [1.29, 1.82) is 0 Å². The van der Waals surface area contributed by atoms with Crippen LogP contribution in [-0.4, -0.2) is 58.7 Å². The van der Waals surface area contributed by atoms with E-state index in [1.807, 2.05) is 58.0 Å². The number of benzene rings is 2. The van der Waals surface area contributed by atoms with Crippen LogP contribution < -0.4 is 32.7 Å². The topological polar surface area (TPSA) is 223 Å². The van der Waals surface area contributed by atoms with Gasteiger partial charge >= 0.3 is 5.97 Å². The fourth-order valence-corrected chi connectivity index (χ4v) is 11.7. The Bertz CT molecular complexity index is 2040. The third kappa shape index (κ3) is 8.75. The van der Waals surface area contributed by atoms with Crippen LogP contribution in [0.2, 0.25) is 0 Å². The SMILES string of the molecule is CC(C)NC(=O)CC[C@H](N)C(=O)Nc1ccc2c(c1)[C@@]1(C)CCC[C@](C)(C(=O)NC(=O)[C@@]3(C)CCC[C@]4(C)c5cc(NC(=O)[C@@H](N)CCC(=O)O)ccc5CC[C@@H]34)[C@@H]1CC2. The molecule has 0 aliphatic heterocycles. The van der Waals surface area contributed by atoms with Gasteiger partial charge in [-0.1, -0.05) is 52.7 Å². The quantitative estimate of drug-likeness (QED) is 0.122. The van der Waals surface area contributed by atoms with Crippen LogP contribution in [0.5, 0.6) is 0 Å². The summed E-state index contributed by atoms with van der Waals surface area (Å²) < 4.78 is 0. The first-order valence-electron chi connectivity index (χ1n) is 22.0. The average molecular weight is 827 g/mol. The van der Waals surface area contributed by atoms with Crippen LogP contribution in [0, 0.1) is 22.7 Å². The molecule has 2 fully saturated rings. The number of imide groups is 1. The lowest BCUT2D eigenvalue weighted by molar-refractivity contribution is -0.150. The molecule has 13 heteroatoms. The van der Waals surface area contributed by atoms with Crippen molar-refractivity contribution in [3.63, 3.8) is 0 Å². The number of rotatable bonds is 13. The highest BCUT2D eigenvalue weighted by atomic mass is 16.4. The Morgan fingerprint density at radius 1 is 0.683 bits per heavy atom. The van der Waals surface area contributed by atoms with Crippen molar-refractivity contribution in [2.45, 2.75) is 160 Å². The molecular weight excluding hydrogens is 761 g/mol. The summed E-state index contributed by atoms with van der Waals surface area (Å²) in [6.45, 7) is 12.2. The number of carbonyl (C=O) groups excluding carboxylic acids is 5. The molecule has 4 aliphatic carbocycles. The number of carboxylic acid groups (broad SMARTS) is 1. The van der Waals surface area contributed by atoms with E-state index in [0.717, 1.165) is 62.5 Å². The molecule has 2 saturated carbocycles. The Labute approximate surface area is 354 Å². The van der Waals surface area contributed by atoms with Crippen molar-refractivity contribution < 1.29 is 33.9 Å². The molecule has 9 N–H and O–H groups in total. The maximum Gasteiger partial charge on any atom is 0.303 e. The zero-order valence-electron chi connectivity index (χ0n) is 36.3. The summed E-state index contributed by atoms with van der Waals surface area (Å²) in [5.74, 6) is -2.49. The minimum atomic E-state index is -1.01. The summed E-state index contributed by atoms with van der Waals surface area (Å²) in [6, 6.07) is 10.1. The van der Waals surface area contributed by atoms with Gasteiger partial charge in [-0.15, -0.1) is 0 Å². The normalized spacial score (nSPS) is 29.0. The van der Waals surface area contributed by atoms with Crippen molar-refractivity contribution in [2.75, 3.05) is 10.6 Å². The lowest BCUT2D eigenvalue weighted by atomic mass is 9.49. The molecule has 4 aliphatic rings. The molecule has 0 aromatic heterocycles. The van der Waals surface area contributed by atoms with E-state index >= 15 is 0 Å².